The number of rotatable bonds is 6. The van der Waals surface area contributed by atoms with E-state index in [1.165, 1.54) is 0 Å². The van der Waals surface area contributed by atoms with Crippen LogP contribution in [0, 0.1) is 0 Å². The lowest BCUT2D eigenvalue weighted by molar-refractivity contribution is 0.0225. The van der Waals surface area contributed by atoms with Crippen molar-refractivity contribution in [3.63, 3.8) is 0 Å². The molecule has 86 valence electrons. The Morgan fingerprint density at radius 2 is 0.929 bits per heavy atom. The van der Waals surface area contributed by atoms with Crippen LogP contribution in [0.3, 0.4) is 0 Å². The Morgan fingerprint density at radius 1 is 0.714 bits per heavy atom. The van der Waals surface area contributed by atoms with E-state index in [1.54, 1.807) is 0 Å². The van der Waals surface area contributed by atoms with Crippen molar-refractivity contribution in [3.8, 4) is 0 Å². The second-order valence-corrected chi connectivity index (χ2v) is 7.04. The summed E-state index contributed by atoms with van der Waals surface area (Å²) in [6.45, 7) is 11.5. The van der Waals surface area contributed by atoms with Crippen LogP contribution in [0.15, 0.2) is 0 Å². The molecule has 0 rings (SSSR count). The van der Waals surface area contributed by atoms with Gasteiger partial charge in [0.2, 0.25) is 0 Å². The highest BCUT2D eigenvalue weighted by Crippen LogP contribution is 2.21. The van der Waals surface area contributed by atoms with Crippen LogP contribution >= 0.6 is 11.1 Å². The molecule has 0 atom stereocenters. The Kier molecular flexibility index (Phi) is 6.24. The molecule has 0 aromatic rings. The van der Waals surface area contributed by atoms with Gasteiger partial charge in [-0.3, -0.25) is 0 Å². The Hall–Kier alpha value is 0.387. The van der Waals surface area contributed by atoms with E-state index in [-0.39, 0.29) is 18.3 Å². The summed E-state index contributed by atoms with van der Waals surface area (Å²) in [6.07, 6.45) is 0.0324. The van der Waals surface area contributed by atoms with E-state index in [1.807, 2.05) is 41.5 Å². The zero-order chi connectivity index (χ0) is 11.4. The fraction of sp³-hybridized carbons (Fsp3) is 1.00. The summed E-state index contributed by atoms with van der Waals surface area (Å²) in [4.78, 5) is 0. The van der Waals surface area contributed by atoms with Crippen molar-refractivity contribution in [3.05, 3.63) is 0 Å². The summed E-state index contributed by atoms with van der Waals surface area (Å²) >= 11 is 6.20. The summed E-state index contributed by atoms with van der Waals surface area (Å²) in [5, 5.41) is 0. The molecular formula is C9H21ClO3Si. The first-order chi connectivity index (χ1) is 6.25. The van der Waals surface area contributed by atoms with Gasteiger partial charge in [0.15, 0.2) is 0 Å². The molecular weight excluding hydrogens is 220 g/mol. The average molecular weight is 241 g/mol. The van der Waals surface area contributed by atoms with Gasteiger partial charge in [-0.2, -0.15) is 0 Å². The Labute approximate surface area is 92.8 Å². The van der Waals surface area contributed by atoms with Gasteiger partial charge in [0, 0.05) is 18.3 Å². The van der Waals surface area contributed by atoms with Gasteiger partial charge in [-0.15, -0.1) is 0 Å². The maximum Gasteiger partial charge on any atom is 0.613 e. The van der Waals surface area contributed by atoms with Crippen LogP contribution in [0.25, 0.3) is 0 Å². The largest absolute Gasteiger partial charge is 0.613 e. The smallest absolute Gasteiger partial charge is 0.359 e. The average Bonchev–Trinajstić information content (AvgIpc) is 1.76. The molecule has 0 radical (unpaired) electrons. The normalized spacial score (nSPS) is 13.3. The molecule has 0 saturated heterocycles. The SMILES string of the molecule is CC(C)O[Si](Cl)(OC(C)C)OC(C)C. The molecule has 0 unspecified atom stereocenters. The van der Waals surface area contributed by atoms with Crippen molar-refractivity contribution in [1.29, 1.82) is 0 Å². The van der Waals surface area contributed by atoms with Crippen LogP contribution in [0.5, 0.6) is 0 Å². The van der Waals surface area contributed by atoms with Crippen LogP contribution in [0.4, 0.5) is 0 Å². The molecule has 0 amide bonds. The van der Waals surface area contributed by atoms with Gasteiger partial charge in [-0.25, -0.2) is 0 Å². The minimum atomic E-state index is -2.97. The zero-order valence-corrected chi connectivity index (χ0v) is 11.6. The van der Waals surface area contributed by atoms with Crippen LogP contribution < -0.4 is 0 Å². The molecule has 0 fully saturated rings. The van der Waals surface area contributed by atoms with E-state index >= 15 is 0 Å². The zero-order valence-electron chi connectivity index (χ0n) is 9.83. The van der Waals surface area contributed by atoms with Crippen LogP contribution in [-0.2, 0) is 13.3 Å². The fourth-order valence-corrected chi connectivity index (χ4v) is 4.39. The molecule has 5 heteroatoms. The molecule has 3 nitrogen and oxygen atoms in total. The lowest BCUT2D eigenvalue weighted by Gasteiger charge is -2.28. The van der Waals surface area contributed by atoms with Crippen molar-refractivity contribution in [2.75, 3.05) is 0 Å². The third-order valence-corrected chi connectivity index (χ3v) is 4.19. The number of hydrogen-bond donors (Lipinski definition) is 0. The maximum absolute atomic E-state index is 6.20. The van der Waals surface area contributed by atoms with Crippen molar-refractivity contribution in [2.24, 2.45) is 0 Å². The lowest BCUT2D eigenvalue weighted by Crippen LogP contribution is -2.45. The van der Waals surface area contributed by atoms with Crippen molar-refractivity contribution in [1.82, 2.24) is 0 Å². The highest BCUT2D eigenvalue weighted by molar-refractivity contribution is 7.09. The van der Waals surface area contributed by atoms with E-state index in [0.717, 1.165) is 0 Å². The van der Waals surface area contributed by atoms with E-state index in [9.17, 15) is 0 Å². The molecule has 0 aliphatic heterocycles. The van der Waals surface area contributed by atoms with E-state index in [4.69, 9.17) is 24.4 Å². The summed E-state index contributed by atoms with van der Waals surface area (Å²) in [6, 6.07) is 0. The molecule has 14 heavy (non-hydrogen) atoms. The Morgan fingerprint density at radius 3 is 1.07 bits per heavy atom. The molecule has 0 spiro atoms. The van der Waals surface area contributed by atoms with Crippen LogP contribution in [0.2, 0.25) is 0 Å². The molecule has 0 heterocycles. The van der Waals surface area contributed by atoms with E-state index < -0.39 is 8.11 Å². The van der Waals surface area contributed by atoms with Crippen LogP contribution in [0.1, 0.15) is 41.5 Å². The first-order valence-electron chi connectivity index (χ1n) is 4.97. The summed E-state index contributed by atoms with van der Waals surface area (Å²) in [7, 11) is -2.97. The number of hydrogen-bond acceptors (Lipinski definition) is 3. The van der Waals surface area contributed by atoms with E-state index in [0.29, 0.717) is 0 Å². The van der Waals surface area contributed by atoms with Gasteiger partial charge in [0.05, 0.1) is 0 Å². The third kappa shape index (κ3) is 6.78. The Bertz CT molecular complexity index is 136. The molecule has 0 saturated carbocycles. The predicted molar refractivity (Wildman–Crippen MR) is 60.3 cm³/mol. The van der Waals surface area contributed by atoms with Gasteiger partial charge in [0.1, 0.15) is 0 Å². The van der Waals surface area contributed by atoms with Gasteiger partial charge in [0.25, 0.3) is 0 Å². The molecule has 0 aromatic heterocycles. The standard InChI is InChI=1S/C9H21ClO3Si/c1-7(2)11-14(10,12-8(3)4)13-9(5)6/h7-9H,1-6H3. The van der Waals surface area contributed by atoms with Crippen molar-refractivity contribution < 1.29 is 13.3 Å². The van der Waals surface area contributed by atoms with Gasteiger partial charge in [-0.1, -0.05) is 11.1 Å². The predicted octanol–water partition coefficient (Wildman–Crippen LogP) is 2.94. The highest BCUT2D eigenvalue weighted by Gasteiger charge is 2.42. The second kappa shape index (κ2) is 6.08. The quantitative estimate of drug-likeness (QED) is 0.528. The Balaban J connectivity index is 4.32. The molecule has 0 aliphatic rings. The van der Waals surface area contributed by atoms with Gasteiger partial charge >= 0.3 is 8.11 Å². The molecule has 0 aromatic carbocycles. The second-order valence-electron chi connectivity index (χ2n) is 3.98. The van der Waals surface area contributed by atoms with E-state index in [2.05, 4.69) is 0 Å². The fourth-order valence-electron chi connectivity index (χ4n) is 0.928. The van der Waals surface area contributed by atoms with Crippen LogP contribution in [-0.4, -0.2) is 26.4 Å². The first-order valence-corrected chi connectivity index (χ1v) is 7.71. The topological polar surface area (TPSA) is 27.7 Å². The summed E-state index contributed by atoms with van der Waals surface area (Å²) in [5.41, 5.74) is 0. The highest BCUT2D eigenvalue weighted by atomic mass is 35.6. The maximum atomic E-state index is 6.20. The van der Waals surface area contributed by atoms with Crippen molar-refractivity contribution >= 4 is 19.2 Å². The molecule has 0 N–H and O–H groups in total. The summed E-state index contributed by atoms with van der Waals surface area (Å²) < 4.78 is 16.6. The van der Waals surface area contributed by atoms with Crippen molar-refractivity contribution in [2.45, 2.75) is 59.9 Å². The lowest BCUT2D eigenvalue weighted by atomic mass is 10.5. The monoisotopic (exact) mass is 240 g/mol. The summed E-state index contributed by atoms with van der Waals surface area (Å²) in [5.74, 6) is 0. The molecule has 0 bridgehead atoms. The third-order valence-electron chi connectivity index (χ3n) is 1.13. The van der Waals surface area contributed by atoms with Gasteiger partial charge in [-0.05, 0) is 41.5 Å². The minimum absolute atomic E-state index is 0.0108. The minimum Gasteiger partial charge on any atom is -0.359 e. The first kappa shape index (κ1) is 14.4. The number of halogens is 1. The molecule has 0 aliphatic carbocycles. The van der Waals surface area contributed by atoms with Gasteiger partial charge < -0.3 is 13.3 Å².